The molecule has 82 valence electrons. The van der Waals surface area contributed by atoms with E-state index >= 15 is 0 Å². The Balaban J connectivity index is 2.51. The predicted molar refractivity (Wildman–Crippen MR) is 55.8 cm³/mol. The van der Waals surface area contributed by atoms with Crippen molar-refractivity contribution in [3.63, 3.8) is 0 Å². The second-order valence-corrected chi connectivity index (χ2v) is 3.16. The summed E-state index contributed by atoms with van der Waals surface area (Å²) in [7, 11) is 0. The number of nitrogens with two attached hydrogens (primary N) is 1. The Kier molecular flexibility index (Phi) is 4.09. The summed E-state index contributed by atoms with van der Waals surface area (Å²) in [5, 5.41) is 0. The van der Waals surface area contributed by atoms with Gasteiger partial charge < -0.3 is 10.5 Å². The van der Waals surface area contributed by atoms with Crippen LogP contribution in [-0.2, 0) is 16.0 Å². The third-order valence-corrected chi connectivity index (χ3v) is 1.99. The van der Waals surface area contributed by atoms with Gasteiger partial charge in [0.25, 0.3) is 0 Å². The Morgan fingerprint density at radius 3 is 2.87 bits per heavy atom. The average Bonchev–Trinajstić information content (AvgIpc) is 2.20. The quantitative estimate of drug-likeness (QED) is 0.611. The molecule has 3 nitrogen and oxygen atoms in total. The van der Waals surface area contributed by atoms with Gasteiger partial charge in [-0.05, 0) is 31.0 Å². The molecule has 0 spiro atoms. The Morgan fingerprint density at radius 1 is 1.53 bits per heavy atom. The fourth-order valence-corrected chi connectivity index (χ4v) is 1.21. The molecule has 0 aromatic heterocycles. The number of carbonyl (C=O) groups excluding carboxylic acids is 1. The van der Waals surface area contributed by atoms with Gasteiger partial charge in [0.2, 0.25) is 0 Å². The molecule has 0 fully saturated rings. The van der Waals surface area contributed by atoms with Gasteiger partial charge in [0.15, 0.2) is 0 Å². The van der Waals surface area contributed by atoms with Gasteiger partial charge in [-0.15, -0.1) is 0 Å². The van der Waals surface area contributed by atoms with E-state index in [-0.39, 0.29) is 18.1 Å². The van der Waals surface area contributed by atoms with Crippen molar-refractivity contribution >= 4 is 11.7 Å². The number of ether oxygens (including phenoxy) is 1. The highest BCUT2D eigenvalue weighted by Gasteiger charge is 2.04. The van der Waals surface area contributed by atoms with Crippen LogP contribution < -0.4 is 5.73 Å². The van der Waals surface area contributed by atoms with Gasteiger partial charge in [0.1, 0.15) is 5.82 Å². The molecule has 0 unspecified atom stereocenters. The van der Waals surface area contributed by atoms with Gasteiger partial charge in [-0.2, -0.15) is 0 Å². The first-order valence-electron chi connectivity index (χ1n) is 4.83. The summed E-state index contributed by atoms with van der Waals surface area (Å²) in [6.45, 7) is 2.12. The van der Waals surface area contributed by atoms with Gasteiger partial charge in [-0.3, -0.25) is 4.79 Å². The lowest BCUT2D eigenvalue weighted by Gasteiger charge is -2.03. The molecule has 0 aliphatic rings. The topological polar surface area (TPSA) is 52.3 Å². The summed E-state index contributed by atoms with van der Waals surface area (Å²) in [5.41, 5.74) is 6.19. The molecule has 0 atom stereocenters. The molecule has 0 amide bonds. The van der Waals surface area contributed by atoms with Crippen molar-refractivity contribution in [3.8, 4) is 0 Å². The minimum Gasteiger partial charge on any atom is -0.466 e. The summed E-state index contributed by atoms with van der Waals surface area (Å²) in [6, 6.07) is 4.54. The lowest BCUT2D eigenvalue weighted by Crippen LogP contribution is -2.05. The van der Waals surface area contributed by atoms with Gasteiger partial charge in [-0.1, -0.05) is 6.07 Å². The molecule has 0 radical (unpaired) electrons. The number of aryl methyl sites for hydroxylation is 1. The van der Waals surface area contributed by atoms with Crippen LogP contribution >= 0.6 is 0 Å². The fourth-order valence-electron chi connectivity index (χ4n) is 1.21. The van der Waals surface area contributed by atoms with Crippen LogP contribution in [0.15, 0.2) is 18.2 Å². The van der Waals surface area contributed by atoms with Crippen LogP contribution in [-0.4, -0.2) is 12.6 Å². The molecular weight excluding hydrogens is 197 g/mol. The summed E-state index contributed by atoms with van der Waals surface area (Å²) in [5.74, 6) is -0.717. The van der Waals surface area contributed by atoms with E-state index < -0.39 is 5.82 Å². The Bertz CT molecular complexity index is 352. The molecule has 0 saturated heterocycles. The molecule has 4 heteroatoms. The van der Waals surface area contributed by atoms with Gasteiger partial charge in [0, 0.05) is 6.42 Å². The smallest absolute Gasteiger partial charge is 0.306 e. The SMILES string of the molecule is CCOC(=O)CCc1ccc(N)c(F)c1. The first kappa shape index (κ1) is 11.5. The van der Waals surface area contributed by atoms with Crippen LogP contribution in [0.2, 0.25) is 0 Å². The molecule has 0 aliphatic heterocycles. The number of halogens is 1. The van der Waals surface area contributed by atoms with Crippen LogP contribution in [0.4, 0.5) is 10.1 Å². The average molecular weight is 211 g/mol. The second kappa shape index (κ2) is 5.34. The van der Waals surface area contributed by atoms with Gasteiger partial charge >= 0.3 is 5.97 Å². The molecule has 1 aromatic rings. The summed E-state index contributed by atoms with van der Waals surface area (Å²) >= 11 is 0. The monoisotopic (exact) mass is 211 g/mol. The first-order chi connectivity index (χ1) is 7.13. The molecule has 0 aliphatic carbocycles. The number of anilines is 1. The van der Waals surface area contributed by atoms with Crippen molar-refractivity contribution in [2.45, 2.75) is 19.8 Å². The molecule has 15 heavy (non-hydrogen) atoms. The highest BCUT2D eigenvalue weighted by Crippen LogP contribution is 2.13. The lowest BCUT2D eigenvalue weighted by atomic mass is 10.1. The molecule has 1 rings (SSSR count). The van der Waals surface area contributed by atoms with E-state index in [0.29, 0.717) is 13.0 Å². The maximum atomic E-state index is 13.0. The number of nitrogen functional groups attached to an aromatic ring is 1. The van der Waals surface area contributed by atoms with Gasteiger partial charge in [-0.25, -0.2) is 4.39 Å². The van der Waals surface area contributed by atoms with Gasteiger partial charge in [0.05, 0.1) is 12.3 Å². The number of esters is 1. The zero-order chi connectivity index (χ0) is 11.3. The van der Waals surface area contributed by atoms with E-state index in [1.165, 1.54) is 12.1 Å². The van der Waals surface area contributed by atoms with Crippen LogP contribution in [0.25, 0.3) is 0 Å². The number of rotatable bonds is 4. The van der Waals surface area contributed by atoms with E-state index in [0.717, 1.165) is 5.56 Å². The molecule has 0 saturated carbocycles. The van der Waals surface area contributed by atoms with E-state index in [1.54, 1.807) is 13.0 Å². The van der Waals surface area contributed by atoms with Crippen molar-refractivity contribution in [2.75, 3.05) is 12.3 Å². The summed E-state index contributed by atoms with van der Waals surface area (Å²) in [4.78, 5) is 11.0. The van der Waals surface area contributed by atoms with Crippen molar-refractivity contribution in [3.05, 3.63) is 29.6 Å². The molecule has 0 heterocycles. The maximum Gasteiger partial charge on any atom is 0.306 e. The number of hydrogen-bond donors (Lipinski definition) is 1. The summed E-state index contributed by atoms with van der Waals surface area (Å²) in [6.07, 6.45) is 0.729. The minimum atomic E-state index is -0.448. The highest BCUT2D eigenvalue weighted by molar-refractivity contribution is 5.69. The predicted octanol–water partition coefficient (Wildman–Crippen LogP) is 1.90. The maximum absolute atomic E-state index is 13.0. The van der Waals surface area contributed by atoms with Crippen LogP contribution in [0.1, 0.15) is 18.9 Å². The van der Waals surface area contributed by atoms with Crippen LogP contribution in [0, 0.1) is 5.82 Å². The normalized spacial score (nSPS) is 10.0. The third kappa shape index (κ3) is 3.58. The summed E-state index contributed by atoms with van der Waals surface area (Å²) < 4.78 is 17.8. The van der Waals surface area contributed by atoms with Crippen LogP contribution in [0.5, 0.6) is 0 Å². The number of benzene rings is 1. The Hall–Kier alpha value is -1.58. The van der Waals surface area contributed by atoms with Crippen molar-refractivity contribution in [1.82, 2.24) is 0 Å². The third-order valence-electron chi connectivity index (χ3n) is 1.99. The minimum absolute atomic E-state index is 0.120. The van der Waals surface area contributed by atoms with E-state index in [1.807, 2.05) is 0 Å². The largest absolute Gasteiger partial charge is 0.466 e. The van der Waals surface area contributed by atoms with E-state index in [4.69, 9.17) is 10.5 Å². The van der Waals surface area contributed by atoms with Crippen molar-refractivity contribution in [1.29, 1.82) is 0 Å². The van der Waals surface area contributed by atoms with Crippen molar-refractivity contribution in [2.24, 2.45) is 0 Å². The Morgan fingerprint density at radius 2 is 2.27 bits per heavy atom. The van der Waals surface area contributed by atoms with E-state index in [2.05, 4.69) is 0 Å². The lowest BCUT2D eigenvalue weighted by molar-refractivity contribution is -0.143. The molecule has 0 bridgehead atoms. The number of hydrogen-bond acceptors (Lipinski definition) is 3. The molecule has 2 N–H and O–H groups in total. The number of carbonyl (C=O) groups is 1. The second-order valence-electron chi connectivity index (χ2n) is 3.16. The highest BCUT2D eigenvalue weighted by atomic mass is 19.1. The first-order valence-corrected chi connectivity index (χ1v) is 4.83. The fraction of sp³-hybridized carbons (Fsp3) is 0.364. The van der Waals surface area contributed by atoms with Crippen molar-refractivity contribution < 1.29 is 13.9 Å². The zero-order valence-corrected chi connectivity index (χ0v) is 8.63. The standard InChI is InChI=1S/C11H14FNO2/c1-2-15-11(14)6-4-8-3-5-10(13)9(12)7-8/h3,5,7H,2,4,6,13H2,1H3. The Labute approximate surface area is 88.0 Å². The van der Waals surface area contributed by atoms with Crippen LogP contribution in [0.3, 0.4) is 0 Å². The van der Waals surface area contributed by atoms with E-state index in [9.17, 15) is 9.18 Å². The zero-order valence-electron chi connectivity index (χ0n) is 8.63. The molecular formula is C11H14FNO2. The molecule has 1 aromatic carbocycles.